The Balaban J connectivity index is 1.56. The predicted molar refractivity (Wildman–Crippen MR) is 123 cm³/mol. The molecule has 5 nitrogen and oxygen atoms in total. The molecule has 1 aliphatic rings. The number of fused-ring (bicyclic) bond motifs is 2. The van der Waals surface area contributed by atoms with E-state index in [9.17, 15) is 14.7 Å². The van der Waals surface area contributed by atoms with Crippen molar-refractivity contribution in [2.75, 3.05) is 18.0 Å². The van der Waals surface area contributed by atoms with Crippen molar-refractivity contribution in [3.05, 3.63) is 86.5 Å². The van der Waals surface area contributed by atoms with E-state index in [0.717, 1.165) is 11.3 Å². The summed E-state index contributed by atoms with van der Waals surface area (Å²) in [4.78, 5) is 26.8. The first-order chi connectivity index (χ1) is 14.9. The molecule has 0 spiro atoms. The van der Waals surface area contributed by atoms with Crippen LogP contribution in [0.2, 0.25) is 10.0 Å². The lowest BCUT2D eigenvalue weighted by Gasteiger charge is -2.19. The fourth-order valence-electron chi connectivity index (χ4n) is 4.34. The second kappa shape index (κ2) is 7.59. The van der Waals surface area contributed by atoms with Crippen molar-refractivity contribution >= 4 is 56.8 Å². The molecular weight excluding hydrogens is 437 g/mol. The number of hydrogen-bond acceptors (Lipinski definition) is 4. The molecule has 0 unspecified atom stereocenters. The minimum atomic E-state index is -0.840. The van der Waals surface area contributed by atoms with Crippen molar-refractivity contribution in [2.45, 2.75) is 5.92 Å². The van der Waals surface area contributed by atoms with E-state index in [0.29, 0.717) is 45.1 Å². The summed E-state index contributed by atoms with van der Waals surface area (Å²) >= 11 is 12.2. The Hall–Kier alpha value is -3.02. The van der Waals surface area contributed by atoms with Crippen LogP contribution in [-0.4, -0.2) is 24.2 Å². The average Bonchev–Trinajstić information content (AvgIpc) is 3.21. The summed E-state index contributed by atoms with van der Waals surface area (Å²) in [7, 11) is 0. The van der Waals surface area contributed by atoms with Crippen LogP contribution in [-0.2, 0) is 4.79 Å². The Morgan fingerprint density at radius 2 is 1.77 bits per heavy atom. The van der Waals surface area contributed by atoms with E-state index in [-0.39, 0.29) is 11.3 Å². The van der Waals surface area contributed by atoms with Gasteiger partial charge in [-0.3, -0.25) is 9.59 Å². The smallest absolute Gasteiger partial charge is 0.308 e. The lowest BCUT2D eigenvalue weighted by Crippen LogP contribution is -2.23. The molecule has 156 valence electrons. The van der Waals surface area contributed by atoms with Gasteiger partial charge in [0.25, 0.3) is 0 Å². The quantitative estimate of drug-likeness (QED) is 0.411. The lowest BCUT2D eigenvalue weighted by molar-refractivity contribution is -0.141. The van der Waals surface area contributed by atoms with Crippen LogP contribution in [0, 0.1) is 5.92 Å². The fraction of sp³-hybridized carbons (Fsp3) is 0.167. The van der Waals surface area contributed by atoms with Gasteiger partial charge in [-0.15, -0.1) is 0 Å². The van der Waals surface area contributed by atoms with Crippen LogP contribution in [0.5, 0.6) is 0 Å². The van der Waals surface area contributed by atoms with E-state index >= 15 is 0 Å². The first-order valence-electron chi connectivity index (χ1n) is 9.80. The highest BCUT2D eigenvalue weighted by atomic mass is 35.5. The Kier molecular flexibility index (Phi) is 4.88. The summed E-state index contributed by atoms with van der Waals surface area (Å²) in [5, 5.41) is 11.7. The number of carboxylic acids is 1. The molecule has 0 aliphatic carbocycles. The third kappa shape index (κ3) is 3.44. The molecule has 1 saturated heterocycles. The number of aliphatic carboxylic acids is 1. The first kappa shape index (κ1) is 19.9. The molecule has 3 aromatic carbocycles. The number of benzene rings is 3. The zero-order valence-electron chi connectivity index (χ0n) is 16.2. The Morgan fingerprint density at radius 3 is 2.52 bits per heavy atom. The number of anilines is 1. The van der Waals surface area contributed by atoms with Crippen LogP contribution in [0.25, 0.3) is 21.9 Å². The van der Waals surface area contributed by atoms with Gasteiger partial charge in [-0.25, -0.2) is 0 Å². The van der Waals surface area contributed by atoms with Crippen molar-refractivity contribution in [1.29, 1.82) is 0 Å². The van der Waals surface area contributed by atoms with Gasteiger partial charge in [-0.2, -0.15) is 0 Å². The fourth-order valence-corrected chi connectivity index (χ4v) is 4.68. The molecule has 0 amide bonds. The molecule has 7 heteroatoms. The first-order valence-corrected chi connectivity index (χ1v) is 10.6. The third-order valence-corrected chi connectivity index (χ3v) is 6.48. The van der Waals surface area contributed by atoms with Gasteiger partial charge < -0.3 is 14.4 Å². The highest BCUT2D eigenvalue weighted by Crippen LogP contribution is 2.37. The van der Waals surface area contributed by atoms with E-state index in [4.69, 9.17) is 27.6 Å². The van der Waals surface area contributed by atoms with Gasteiger partial charge in [0.1, 0.15) is 5.58 Å². The second-order valence-corrected chi connectivity index (χ2v) is 8.58. The maximum Gasteiger partial charge on any atom is 0.308 e. The minimum absolute atomic E-state index is 0.144. The van der Waals surface area contributed by atoms with E-state index in [1.165, 1.54) is 0 Å². The molecule has 31 heavy (non-hydrogen) atoms. The molecule has 1 fully saturated rings. The van der Waals surface area contributed by atoms with Gasteiger partial charge in [0.15, 0.2) is 5.58 Å². The molecule has 0 saturated carbocycles. The zero-order chi connectivity index (χ0) is 21.7. The average molecular weight is 454 g/mol. The molecule has 2 atom stereocenters. The lowest BCUT2D eigenvalue weighted by atomic mass is 9.89. The van der Waals surface area contributed by atoms with E-state index in [1.807, 2.05) is 23.1 Å². The third-order valence-electron chi connectivity index (χ3n) is 5.93. The summed E-state index contributed by atoms with van der Waals surface area (Å²) < 4.78 is 5.97. The van der Waals surface area contributed by atoms with Crippen LogP contribution in [0.1, 0.15) is 11.5 Å². The molecule has 1 N–H and O–H groups in total. The van der Waals surface area contributed by atoms with Gasteiger partial charge in [-0.05, 0) is 42.0 Å². The molecule has 5 rings (SSSR count). The van der Waals surface area contributed by atoms with Crippen molar-refractivity contribution in [1.82, 2.24) is 0 Å². The number of para-hydroxylation sites is 1. The van der Waals surface area contributed by atoms with E-state index in [2.05, 4.69) is 0 Å². The minimum Gasteiger partial charge on any atom is -0.481 e. The molecule has 2 heterocycles. The van der Waals surface area contributed by atoms with Gasteiger partial charge in [-0.1, -0.05) is 41.4 Å². The Labute approximate surface area is 187 Å². The highest BCUT2D eigenvalue weighted by Gasteiger charge is 2.38. The monoisotopic (exact) mass is 453 g/mol. The molecule has 0 bridgehead atoms. The highest BCUT2D eigenvalue weighted by molar-refractivity contribution is 6.34. The number of hydrogen-bond donors (Lipinski definition) is 1. The van der Waals surface area contributed by atoms with Gasteiger partial charge in [0.05, 0.1) is 21.7 Å². The van der Waals surface area contributed by atoms with E-state index < -0.39 is 11.9 Å². The summed E-state index contributed by atoms with van der Waals surface area (Å²) in [6.07, 6.45) is 0. The van der Waals surface area contributed by atoms with Crippen LogP contribution < -0.4 is 10.3 Å². The zero-order valence-corrected chi connectivity index (χ0v) is 17.7. The SMILES string of the molecule is O=C(O)[C@H]1CN(c2ccc3c(=O)c4cccc(Cl)c4oc3c2)C[C@H]1c1ccc(Cl)cc1. The van der Waals surface area contributed by atoms with Crippen molar-refractivity contribution in [3.8, 4) is 0 Å². The van der Waals surface area contributed by atoms with Crippen LogP contribution >= 0.6 is 23.2 Å². The standard InChI is InChI=1S/C24H17Cl2NO4/c25-14-6-4-13(5-7-14)18-11-27(12-19(18)24(29)30)15-8-9-16-21(10-15)31-23-17(22(16)28)2-1-3-20(23)26/h1-10,18-19H,11-12H2,(H,29,30)/t18-,19-/m0/s1. The van der Waals surface area contributed by atoms with Gasteiger partial charge in [0.2, 0.25) is 5.43 Å². The largest absolute Gasteiger partial charge is 0.481 e. The number of nitrogens with zero attached hydrogens (tertiary/aromatic N) is 1. The normalized spacial score (nSPS) is 18.7. The summed E-state index contributed by atoms with van der Waals surface area (Å²) in [5.41, 5.74) is 2.36. The molecular formula is C24H17Cl2NO4. The number of carbonyl (C=O) groups is 1. The van der Waals surface area contributed by atoms with Crippen molar-refractivity contribution in [3.63, 3.8) is 0 Å². The number of carboxylic acid groups (broad SMARTS) is 1. The molecule has 0 radical (unpaired) electrons. The van der Waals surface area contributed by atoms with Crippen LogP contribution in [0.15, 0.2) is 69.9 Å². The molecule has 1 aliphatic heterocycles. The summed E-state index contributed by atoms with van der Waals surface area (Å²) in [6.45, 7) is 0.884. The van der Waals surface area contributed by atoms with Crippen molar-refractivity contribution in [2.24, 2.45) is 5.92 Å². The second-order valence-electron chi connectivity index (χ2n) is 7.74. The van der Waals surface area contributed by atoms with Crippen molar-refractivity contribution < 1.29 is 14.3 Å². The van der Waals surface area contributed by atoms with Crippen LogP contribution in [0.3, 0.4) is 0 Å². The van der Waals surface area contributed by atoms with Gasteiger partial charge in [0, 0.05) is 35.8 Å². The Bertz CT molecular complexity index is 1380. The summed E-state index contributed by atoms with van der Waals surface area (Å²) in [6, 6.07) is 17.7. The topological polar surface area (TPSA) is 70.8 Å². The Morgan fingerprint density at radius 1 is 1.00 bits per heavy atom. The number of halogens is 2. The van der Waals surface area contributed by atoms with Gasteiger partial charge >= 0.3 is 5.97 Å². The molecule has 4 aromatic rings. The van der Waals surface area contributed by atoms with E-state index in [1.54, 1.807) is 42.5 Å². The maximum absolute atomic E-state index is 12.9. The molecule has 1 aromatic heterocycles. The predicted octanol–water partition coefficient (Wildman–Crippen LogP) is 5.56. The summed E-state index contributed by atoms with van der Waals surface area (Å²) in [5.74, 6) is -1.58. The van der Waals surface area contributed by atoms with Crippen LogP contribution in [0.4, 0.5) is 5.69 Å². The maximum atomic E-state index is 12.9. The number of rotatable bonds is 3.